The van der Waals surface area contributed by atoms with Crippen molar-refractivity contribution in [1.82, 2.24) is 15.0 Å². The van der Waals surface area contributed by atoms with Crippen LogP contribution in [0, 0.1) is 0 Å². The van der Waals surface area contributed by atoms with Crippen molar-refractivity contribution >= 4 is 5.97 Å². The number of alkyl halides is 3. The molecule has 0 aliphatic heterocycles. The van der Waals surface area contributed by atoms with Crippen LogP contribution >= 0.6 is 0 Å². The van der Waals surface area contributed by atoms with Crippen LogP contribution in [0.5, 0.6) is 5.75 Å². The van der Waals surface area contributed by atoms with Gasteiger partial charge < -0.3 is 14.9 Å². The fourth-order valence-corrected chi connectivity index (χ4v) is 1.92. The average Bonchev–Trinajstić information content (AvgIpc) is 2.90. The van der Waals surface area contributed by atoms with Gasteiger partial charge in [-0.1, -0.05) is 17.3 Å². The highest BCUT2D eigenvalue weighted by Crippen LogP contribution is 2.33. The Labute approximate surface area is 127 Å². The average molecular weight is 331 g/mol. The van der Waals surface area contributed by atoms with Crippen molar-refractivity contribution in [1.29, 1.82) is 0 Å². The summed E-state index contributed by atoms with van der Waals surface area (Å²) < 4.78 is 43.9. The lowest BCUT2D eigenvalue weighted by molar-refractivity contribution is -0.209. The smallest absolute Gasteiger partial charge is 0.420 e. The number of aliphatic hydroxyl groups is 1. The summed E-state index contributed by atoms with van der Waals surface area (Å²) in [6.07, 6.45) is -8.04. The highest BCUT2D eigenvalue weighted by Gasteiger charge is 2.44. The minimum atomic E-state index is -5.04. The van der Waals surface area contributed by atoms with Gasteiger partial charge in [0.05, 0.1) is 13.7 Å². The van der Waals surface area contributed by atoms with Crippen LogP contribution in [-0.2, 0) is 6.54 Å². The Hall–Kier alpha value is -2.62. The van der Waals surface area contributed by atoms with E-state index in [1.165, 1.54) is 7.11 Å². The lowest BCUT2D eigenvalue weighted by Gasteiger charge is -2.16. The second-order valence-corrected chi connectivity index (χ2v) is 4.58. The van der Waals surface area contributed by atoms with Crippen LogP contribution in [0.15, 0.2) is 24.3 Å². The summed E-state index contributed by atoms with van der Waals surface area (Å²) in [5.41, 5.74) is -1.33. The van der Waals surface area contributed by atoms with Gasteiger partial charge in [-0.2, -0.15) is 13.2 Å². The second kappa shape index (κ2) is 6.24. The summed E-state index contributed by atoms with van der Waals surface area (Å²) in [5.74, 6) is -1.15. The normalized spacial score (nSPS) is 12.9. The number of aromatic nitrogens is 3. The first-order valence-corrected chi connectivity index (χ1v) is 6.28. The molecule has 2 aromatic rings. The molecule has 1 aromatic heterocycles. The Kier molecular flexibility index (Phi) is 4.55. The molecule has 7 nitrogen and oxygen atoms in total. The quantitative estimate of drug-likeness (QED) is 0.864. The minimum Gasteiger partial charge on any atom is -0.497 e. The molecule has 1 aromatic carbocycles. The molecule has 1 heterocycles. The molecule has 2 N–H and O–H groups in total. The van der Waals surface area contributed by atoms with Crippen LogP contribution in [0.1, 0.15) is 27.8 Å². The number of aliphatic hydroxyl groups excluding tert-OH is 1. The number of nitrogens with zero attached hydrogens (tertiary/aromatic N) is 3. The van der Waals surface area contributed by atoms with Gasteiger partial charge in [-0.15, -0.1) is 5.10 Å². The highest BCUT2D eigenvalue weighted by atomic mass is 19.4. The van der Waals surface area contributed by atoms with Crippen molar-refractivity contribution in [3.05, 3.63) is 41.2 Å². The van der Waals surface area contributed by atoms with E-state index in [1.807, 2.05) is 0 Å². The van der Waals surface area contributed by atoms with Gasteiger partial charge >= 0.3 is 12.1 Å². The van der Waals surface area contributed by atoms with Gasteiger partial charge in [0.1, 0.15) is 11.4 Å². The molecule has 0 aliphatic carbocycles. The molecule has 0 spiro atoms. The molecular formula is C13H12F3N3O4. The summed E-state index contributed by atoms with van der Waals surface area (Å²) in [4.78, 5) is 11.0. The Bertz CT molecular complexity index is 697. The molecule has 1 unspecified atom stereocenters. The van der Waals surface area contributed by atoms with Crippen LogP contribution in [-0.4, -0.2) is 44.5 Å². The molecule has 0 saturated heterocycles. The van der Waals surface area contributed by atoms with Crippen LogP contribution in [0.4, 0.5) is 13.2 Å². The Morgan fingerprint density at radius 2 is 1.96 bits per heavy atom. The van der Waals surface area contributed by atoms with Gasteiger partial charge in [0.25, 0.3) is 0 Å². The number of methoxy groups -OCH3 is 1. The van der Waals surface area contributed by atoms with E-state index in [9.17, 15) is 23.1 Å². The molecule has 1 atom stereocenters. The molecule has 23 heavy (non-hydrogen) atoms. The van der Waals surface area contributed by atoms with Gasteiger partial charge in [0, 0.05) is 0 Å². The fraction of sp³-hybridized carbons (Fsp3) is 0.308. The van der Waals surface area contributed by atoms with E-state index in [1.54, 1.807) is 24.3 Å². The summed E-state index contributed by atoms with van der Waals surface area (Å²) in [6, 6.07) is 6.32. The monoisotopic (exact) mass is 331 g/mol. The van der Waals surface area contributed by atoms with E-state index in [4.69, 9.17) is 9.84 Å². The number of hydrogen-bond acceptors (Lipinski definition) is 5. The van der Waals surface area contributed by atoms with Gasteiger partial charge in [0.2, 0.25) is 0 Å². The molecule has 0 radical (unpaired) electrons. The van der Waals surface area contributed by atoms with Crippen LogP contribution in [0.3, 0.4) is 0 Å². The zero-order valence-electron chi connectivity index (χ0n) is 11.8. The molecule has 0 fully saturated rings. The SMILES string of the molecule is COc1ccc(Cn2nnc(C(=O)O)c2C(O)C(F)(F)F)cc1. The highest BCUT2D eigenvalue weighted by molar-refractivity contribution is 5.86. The topological polar surface area (TPSA) is 97.5 Å². The lowest BCUT2D eigenvalue weighted by atomic mass is 10.1. The van der Waals surface area contributed by atoms with Gasteiger partial charge in [-0.05, 0) is 17.7 Å². The minimum absolute atomic E-state index is 0.188. The third-order valence-corrected chi connectivity index (χ3v) is 3.04. The van der Waals surface area contributed by atoms with Crippen molar-refractivity contribution in [2.75, 3.05) is 7.11 Å². The molecule has 2 rings (SSSR count). The van der Waals surface area contributed by atoms with E-state index in [0.717, 1.165) is 0 Å². The zero-order chi connectivity index (χ0) is 17.2. The number of hydrogen-bond donors (Lipinski definition) is 2. The van der Waals surface area contributed by atoms with Crippen molar-refractivity contribution in [3.63, 3.8) is 0 Å². The largest absolute Gasteiger partial charge is 0.497 e. The van der Waals surface area contributed by atoms with E-state index < -0.39 is 29.6 Å². The first kappa shape index (κ1) is 16.7. The summed E-state index contributed by atoms with van der Waals surface area (Å²) in [7, 11) is 1.46. The third kappa shape index (κ3) is 3.59. The number of halogens is 3. The van der Waals surface area contributed by atoms with Gasteiger partial charge in [0.15, 0.2) is 11.8 Å². The molecule has 0 saturated carbocycles. The van der Waals surface area contributed by atoms with E-state index >= 15 is 0 Å². The first-order valence-electron chi connectivity index (χ1n) is 6.28. The van der Waals surface area contributed by atoms with Crippen LogP contribution in [0.2, 0.25) is 0 Å². The third-order valence-electron chi connectivity index (χ3n) is 3.04. The zero-order valence-corrected chi connectivity index (χ0v) is 11.8. The maximum absolute atomic E-state index is 12.7. The van der Waals surface area contributed by atoms with Crippen molar-refractivity contribution in [3.8, 4) is 5.75 Å². The Morgan fingerprint density at radius 3 is 2.43 bits per heavy atom. The van der Waals surface area contributed by atoms with E-state index in [2.05, 4.69) is 10.3 Å². The maximum Gasteiger partial charge on any atom is 0.420 e. The predicted molar refractivity (Wildman–Crippen MR) is 70.1 cm³/mol. The summed E-state index contributed by atoms with van der Waals surface area (Å²) in [6.45, 7) is -0.188. The number of rotatable bonds is 5. The maximum atomic E-state index is 12.7. The fourth-order valence-electron chi connectivity index (χ4n) is 1.92. The van der Waals surface area contributed by atoms with E-state index in [-0.39, 0.29) is 6.54 Å². The first-order chi connectivity index (χ1) is 10.7. The number of carbonyl (C=O) groups is 1. The predicted octanol–water partition coefficient (Wildman–Crippen LogP) is 1.63. The molecule has 124 valence electrons. The Morgan fingerprint density at radius 1 is 1.35 bits per heavy atom. The molecule has 0 bridgehead atoms. The Balaban J connectivity index is 2.39. The summed E-state index contributed by atoms with van der Waals surface area (Å²) in [5, 5.41) is 24.9. The summed E-state index contributed by atoms with van der Waals surface area (Å²) >= 11 is 0. The molecule has 0 aliphatic rings. The lowest BCUT2D eigenvalue weighted by Crippen LogP contribution is -2.25. The molecular weight excluding hydrogens is 319 g/mol. The van der Waals surface area contributed by atoms with Gasteiger partial charge in [-0.3, -0.25) is 0 Å². The standard InChI is InChI=1S/C13H12F3N3O4/c1-23-8-4-2-7(3-5-8)6-19-10(11(20)13(14,15)16)9(12(21)22)17-18-19/h2-5,11,20H,6H2,1H3,(H,21,22). The van der Waals surface area contributed by atoms with Crippen LogP contribution < -0.4 is 4.74 Å². The number of benzene rings is 1. The van der Waals surface area contributed by atoms with Crippen molar-refractivity contribution in [2.24, 2.45) is 0 Å². The van der Waals surface area contributed by atoms with Crippen molar-refractivity contribution in [2.45, 2.75) is 18.8 Å². The molecule has 0 amide bonds. The number of carboxylic acids is 1. The van der Waals surface area contributed by atoms with Crippen molar-refractivity contribution < 1.29 is 32.9 Å². The number of aromatic carboxylic acids is 1. The van der Waals surface area contributed by atoms with Gasteiger partial charge in [-0.25, -0.2) is 9.48 Å². The number of ether oxygens (including phenoxy) is 1. The van der Waals surface area contributed by atoms with Crippen LogP contribution in [0.25, 0.3) is 0 Å². The number of carboxylic acid groups (broad SMARTS) is 1. The van der Waals surface area contributed by atoms with E-state index in [0.29, 0.717) is 16.0 Å². The second-order valence-electron chi connectivity index (χ2n) is 4.58. The molecule has 10 heteroatoms.